The first kappa shape index (κ1) is 20.1. The van der Waals surface area contributed by atoms with Crippen LogP contribution >= 0.6 is 0 Å². The van der Waals surface area contributed by atoms with Gasteiger partial charge >= 0.3 is 0 Å². The van der Waals surface area contributed by atoms with Crippen molar-refractivity contribution in [2.75, 3.05) is 19.4 Å². The van der Waals surface area contributed by atoms with Crippen molar-refractivity contribution in [1.82, 2.24) is 4.90 Å². The number of aryl methyl sites for hydroxylation is 1. The van der Waals surface area contributed by atoms with Crippen molar-refractivity contribution < 1.29 is 14.3 Å². The Morgan fingerprint density at radius 3 is 2.21 bits per heavy atom. The van der Waals surface area contributed by atoms with Gasteiger partial charge in [0, 0.05) is 26.1 Å². The van der Waals surface area contributed by atoms with Crippen molar-refractivity contribution in [3.8, 4) is 11.5 Å². The third-order valence-electron chi connectivity index (χ3n) is 4.38. The van der Waals surface area contributed by atoms with E-state index in [1.54, 1.807) is 26.2 Å². The highest BCUT2D eigenvalue weighted by Gasteiger charge is 2.10. The average molecular weight is 388 g/mol. The van der Waals surface area contributed by atoms with Gasteiger partial charge in [0.2, 0.25) is 5.91 Å². The minimum atomic E-state index is -0.0949. The van der Waals surface area contributed by atoms with Gasteiger partial charge in [-0.15, -0.1) is 0 Å². The maximum atomic E-state index is 12.4. The van der Waals surface area contributed by atoms with Crippen LogP contribution in [0.15, 0.2) is 78.9 Å². The molecule has 3 aromatic rings. The maximum absolute atomic E-state index is 12.4. The zero-order valence-corrected chi connectivity index (χ0v) is 16.6. The second-order valence-corrected chi connectivity index (χ2v) is 6.86. The SMILES string of the molecule is CN(C)C(=O)c1ccc(CCC(=O)Nc2ccccc2Oc2ccccc2)cc1. The summed E-state index contributed by atoms with van der Waals surface area (Å²) in [5, 5.41) is 2.92. The Labute approximate surface area is 170 Å². The molecule has 0 fully saturated rings. The van der Waals surface area contributed by atoms with Crippen LogP contribution in [-0.2, 0) is 11.2 Å². The van der Waals surface area contributed by atoms with E-state index in [1.807, 2.05) is 66.7 Å². The lowest BCUT2D eigenvalue weighted by Crippen LogP contribution is -2.21. The van der Waals surface area contributed by atoms with Crippen LogP contribution in [0.5, 0.6) is 11.5 Å². The van der Waals surface area contributed by atoms with Crippen molar-refractivity contribution in [3.05, 3.63) is 90.0 Å². The molecule has 0 atom stereocenters. The summed E-state index contributed by atoms with van der Waals surface area (Å²) < 4.78 is 5.88. The smallest absolute Gasteiger partial charge is 0.253 e. The van der Waals surface area contributed by atoms with E-state index in [4.69, 9.17) is 4.74 Å². The summed E-state index contributed by atoms with van der Waals surface area (Å²) in [6.45, 7) is 0. The standard InChI is InChI=1S/C24H24N2O3/c1-26(2)24(28)19-15-12-18(13-16-19)14-17-23(27)25-21-10-6-7-11-22(21)29-20-8-4-3-5-9-20/h3-13,15-16H,14,17H2,1-2H3,(H,25,27). The third-order valence-corrected chi connectivity index (χ3v) is 4.38. The molecule has 0 unspecified atom stereocenters. The quantitative estimate of drug-likeness (QED) is 0.635. The monoisotopic (exact) mass is 388 g/mol. The van der Waals surface area contributed by atoms with Crippen LogP contribution in [0, 0.1) is 0 Å². The first-order valence-electron chi connectivity index (χ1n) is 9.45. The molecule has 0 saturated carbocycles. The van der Waals surface area contributed by atoms with E-state index in [1.165, 1.54) is 4.90 Å². The Bertz CT molecular complexity index is 967. The molecule has 0 heterocycles. The number of carbonyl (C=O) groups is 2. The second-order valence-electron chi connectivity index (χ2n) is 6.86. The van der Waals surface area contributed by atoms with E-state index >= 15 is 0 Å². The number of benzene rings is 3. The Kier molecular flexibility index (Phi) is 6.63. The lowest BCUT2D eigenvalue weighted by Gasteiger charge is -2.12. The molecule has 0 aromatic heterocycles. The summed E-state index contributed by atoms with van der Waals surface area (Å²) >= 11 is 0. The highest BCUT2D eigenvalue weighted by atomic mass is 16.5. The number of ether oxygens (including phenoxy) is 1. The number of hydrogen-bond donors (Lipinski definition) is 1. The molecule has 3 aromatic carbocycles. The van der Waals surface area contributed by atoms with Crippen LogP contribution in [0.1, 0.15) is 22.3 Å². The fourth-order valence-electron chi connectivity index (χ4n) is 2.82. The van der Waals surface area contributed by atoms with Gasteiger partial charge in [0.1, 0.15) is 5.75 Å². The molecule has 0 radical (unpaired) electrons. The minimum absolute atomic E-state index is 0.0377. The molecule has 2 amide bonds. The molecule has 29 heavy (non-hydrogen) atoms. The zero-order valence-electron chi connectivity index (χ0n) is 16.6. The van der Waals surface area contributed by atoms with Crippen molar-refractivity contribution in [2.24, 2.45) is 0 Å². The van der Waals surface area contributed by atoms with Crippen molar-refractivity contribution in [2.45, 2.75) is 12.8 Å². The average Bonchev–Trinajstić information content (AvgIpc) is 2.74. The van der Waals surface area contributed by atoms with Gasteiger partial charge in [-0.1, -0.05) is 42.5 Å². The van der Waals surface area contributed by atoms with Gasteiger partial charge < -0.3 is 15.0 Å². The van der Waals surface area contributed by atoms with Gasteiger partial charge in [-0.2, -0.15) is 0 Å². The summed E-state index contributed by atoms with van der Waals surface area (Å²) in [5.41, 5.74) is 2.27. The maximum Gasteiger partial charge on any atom is 0.253 e. The molecular weight excluding hydrogens is 364 g/mol. The van der Waals surface area contributed by atoms with Crippen LogP contribution in [0.4, 0.5) is 5.69 Å². The minimum Gasteiger partial charge on any atom is -0.455 e. The van der Waals surface area contributed by atoms with Gasteiger partial charge in [0.15, 0.2) is 5.75 Å². The van der Waals surface area contributed by atoms with Crippen molar-refractivity contribution in [1.29, 1.82) is 0 Å². The molecule has 0 saturated heterocycles. The number of nitrogens with zero attached hydrogens (tertiary/aromatic N) is 1. The van der Waals surface area contributed by atoms with Gasteiger partial charge in [-0.3, -0.25) is 9.59 Å². The highest BCUT2D eigenvalue weighted by molar-refractivity contribution is 5.94. The second kappa shape index (κ2) is 9.55. The topological polar surface area (TPSA) is 58.6 Å². The van der Waals surface area contributed by atoms with Gasteiger partial charge in [0.25, 0.3) is 5.91 Å². The van der Waals surface area contributed by atoms with E-state index in [0.717, 1.165) is 5.56 Å². The summed E-state index contributed by atoms with van der Waals surface area (Å²) in [5.74, 6) is 1.17. The number of nitrogens with one attached hydrogen (secondary N) is 1. The summed E-state index contributed by atoms with van der Waals surface area (Å²) in [6, 6.07) is 24.2. The predicted octanol–water partition coefficient (Wildman–Crippen LogP) is 4.75. The van der Waals surface area contributed by atoms with Crippen LogP contribution in [0.25, 0.3) is 0 Å². The molecule has 5 nitrogen and oxygen atoms in total. The van der Waals surface area contributed by atoms with Gasteiger partial charge in [-0.25, -0.2) is 0 Å². The molecule has 148 valence electrons. The van der Waals surface area contributed by atoms with E-state index in [-0.39, 0.29) is 11.8 Å². The highest BCUT2D eigenvalue weighted by Crippen LogP contribution is 2.29. The van der Waals surface area contributed by atoms with E-state index in [2.05, 4.69) is 5.32 Å². The molecule has 0 aliphatic carbocycles. The predicted molar refractivity (Wildman–Crippen MR) is 114 cm³/mol. The number of anilines is 1. The largest absolute Gasteiger partial charge is 0.455 e. The van der Waals surface area contributed by atoms with Crippen molar-refractivity contribution >= 4 is 17.5 Å². The van der Waals surface area contributed by atoms with Crippen LogP contribution in [0.3, 0.4) is 0 Å². The summed E-state index contributed by atoms with van der Waals surface area (Å²) in [7, 11) is 3.44. The van der Waals surface area contributed by atoms with Crippen LogP contribution in [0.2, 0.25) is 0 Å². The normalized spacial score (nSPS) is 10.3. The van der Waals surface area contributed by atoms with E-state index < -0.39 is 0 Å². The molecule has 5 heteroatoms. The van der Waals surface area contributed by atoms with E-state index in [9.17, 15) is 9.59 Å². The summed E-state index contributed by atoms with van der Waals surface area (Å²) in [6.07, 6.45) is 0.921. The lowest BCUT2D eigenvalue weighted by atomic mass is 10.1. The van der Waals surface area contributed by atoms with Gasteiger partial charge in [-0.05, 0) is 48.4 Å². The lowest BCUT2D eigenvalue weighted by molar-refractivity contribution is -0.116. The number of para-hydroxylation sites is 3. The molecule has 0 aliphatic heterocycles. The first-order chi connectivity index (χ1) is 14.0. The molecule has 3 rings (SSSR count). The molecule has 0 bridgehead atoms. The fourth-order valence-corrected chi connectivity index (χ4v) is 2.82. The molecule has 0 aliphatic rings. The Hall–Kier alpha value is -3.60. The third kappa shape index (κ3) is 5.69. The Morgan fingerprint density at radius 1 is 0.862 bits per heavy atom. The molecule has 0 spiro atoms. The zero-order chi connectivity index (χ0) is 20.6. The van der Waals surface area contributed by atoms with Gasteiger partial charge in [0.05, 0.1) is 5.69 Å². The number of hydrogen-bond acceptors (Lipinski definition) is 3. The Morgan fingerprint density at radius 2 is 1.52 bits per heavy atom. The summed E-state index contributed by atoms with van der Waals surface area (Å²) in [4.78, 5) is 25.9. The number of carbonyl (C=O) groups excluding carboxylic acids is 2. The van der Waals surface area contributed by atoms with Crippen molar-refractivity contribution in [3.63, 3.8) is 0 Å². The van der Waals surface area contributed by atoms with Crippen LogP contribution < -0.4 is 10.1 Å². The van der Waals surface area contributed by atoms with Crippen LogP contribution in [-0.4, -0.2) is 30.8 Å². The molecule has 1 N–H and O–H groups in total. The molecular formula is C24H24N2O3. The fraction of sp³-hybridized carbons (Fsp3) is 0.167. The van der Waals surface area contributed by atoms with E-state index in [0.29, 0.717) is 35.6 Å². The number of amides is 2. The Balaban J connectivity index is 1.58. The first-order valence-corrected chi connectivity index (χ1v) is 9.45. The number of rotatable bonds is 7.